The Bertz CT molecular complexity index is 804. The number of likely N-dealkylation sites (tertiary alicyclic amines) is 1. The maximum absolute atomic E-state index is 12.8. The molecule has 6 nitrogen and oxygen atoms in total. The first kappa shape index (κ1) is 18.5. The van der Waals surface area contributed by atoms with Crippen LogP contribution in [0.2, 0.25) is 5.02 Å². The van der Waals surface area contributed by atoms with Crippen LogP contribution in [0, 0.1) is 12.8 Å². The molecule has 1 aliphatic rings. The van der Waals surface area contributed by atoms with Gasteiger partial charge in [0.15, 0.2) is 0 Å². The molecule has 1 amide bonds. The largest absolute Gasteiger partial charge is 0.495 e. The van der Waals surface area contributed by atoms with Crippen molar-refractivity contribution in [3.05, 3.63) is 40.7 Å². The predicted molar refractivity (Wildman–Crippen MR) is 102 cm³/mol. The molecule has 3 rings (SSSR count). The number of piperidine rings is 1. The highest BCUT2D eigenvalue weighted by atomic mass is 35.5. The number of methoxy groups -OCH3 is 1. The number of nitrogens with one attached hydrogen (secondary N) is 1. The van der Waals surface area contributed by atoms with Crippen LogP contribution in [-0.4, -0.2) is 41.0 Å². The molecule has 1 saturated heterocycles. The smallest absolute Gasteiger partial charge is 0.272 e. The molecule has 1 aliphatic heterocycles. The number of anilines is 2. The third-order valence-corrected chi connectivity index (χ3v) is 4.79. The standard InChI is InChI=1S/C19H23ClN4O2/c1-12-6-8-24(9-7-12)18(25)16-10-13(2)21-19(23-16)22-15-11-14(20)4-5-17(15)26-3/h4-5,10-12H,6-9H2,1-3H3,(H,21,22,23). The van der Waals surface area contributed by atoms with Crippen molar-refractivity contribution < 1.29 is 9.53 Å². The summed E-state index contributed by atoms with van der Waals surface area (Å²) in [6.45, 7) is 5.61. The van der Waals surface area contributed by atoms with E-state index in [1.165, 1.54) is 0 Å². The maximum Gasteiger partial charge on any atom is 0.272 e. The third-order valence-electron chi connectivity index (χ3n) is 4.55. The van der Waals surface area contributed by atoms with Crippen LogP contribution in [0.1, 0.15) is 35.9 Å². The normalized spacial score (nSPS) is 15.0. The Balaban J connectivity index is 1.84. The summed E-state index contributed by atoms with van der Waals surface area (Å²) >= 11 is 6.07. The molecule has 138 valence electrons. The molecule has 0 bridgehead atoms. The highest BCUT2D eigenvalue weighted by Crippen LogP contribution is 2.29. The summed E-state index contributed by atoms with van der Waals surface area (Å²) < 4.78 is 5.33. The Hall–Kier alpha value is -2.34. The van der Waals surface area contributed by atoms with Crippen molar-refractivity contribution in [1.29, 1.82) is 0 Å². The van der Waals surface area contributed by atoms with Gasteiger partial charge in [-0.1, -0.05) is 18.5 Å². The predicted octanol–water partition coefficient (Wildman–Crippen LogP) is 4.06. The van der Waals surface area contributed by atoms with Crippen LogP contribution in [0.15, 0.2) is 24.3 Å². The van der Waals surface area contributed by atoms with Crippen LogP contribution in [0.5, 0.6) is 5.75 Å². The summed E-state index contributed by atoms with van der Waals surface area (Å²) in [7, 11) is 1.58. The summed E-state index contributed by atoms with van der Waals surface area (Å²) in [5.41, 5.74) is 1.77. The fraction of sp³-hybridized carbons (Fsp3) is 0.421. The van der Waals surface area contributed by atoms with Crippen LogP contribution in [0.25, 0.3) is 0 Å². The summed E-state index contributed by atoms with van der Waals surface area (Å²) in [5, 5.41) is 3.68. The number of halogens is 1. The summed E-state index contributed by atoms with van der Waals surface area (Å²) in [6, 6.07) is 6.97. The number of aryl methyl sites for hydroxylation is 1. The van der Waals surface area contributed by atoms with Crippen molar-refractivity contribution in [3.63, 3.8) is 0 Å². The average Bonchev–Trinajstić information content (AvgIpc) is 2.61. The minimum absolute atomic E-state index is 0.0523. The fourth-order valence-electron chi connectivity index (χ4n) is 3.01. The van der Waals surface area contributed by atoms with Gasteiger partial charge in [0, 0.05) is 23.8 Å². The van der Waals surface area contributed by atoms with Crippen LogP contribution in [-0.2, 0) is 0 Å². The van der Waals surface area contributed by atoms with Gasteiger partial charge < -0.3 is 15.0 Å². The van der Waals surface area contributed by atoms with Crippen LogP contribution < -0.4 is 10.1 Å². The monoisotopic (exact) mass is 374 g/mol. The van der Waals surface area contributed by atoms with Gasteiger partial charge in [-0.2, -0.15) is 0 Å². The SMILES string of the molecule is COc1ccc(Cl)cc1Nc1nc(C)cc(C(=O)N2CCC(C)CC2)n1. The fourth-order valence-corrected chi connectivity index (χ4v) is 3.18. The molecule has 0 atom stereocenters. The molecule has 2 heterocycles. The molecule has 1 fully saturated rings. The van der Waals surface area contributed by atoms with E-state index in [-0.39, 0.29) is 5.91 Å². The van der Waals surface area contributed by atoms with E-state index >= 15 is 0 Å². The van der Waals surface area contributed by atoms with Crippen LogP contribution in [0.3, 0.4) is 0 Å². The number of aromatic nitrogens is 2. The molecule has 2 aromatic rings. The number of amides is 1. The van der Waals surface area contributed by atoms with Crippen molar-refractivity contribution in [3.8, 4) is 5.75 Å². The van der Waals surface area contributed by atoms with Crippen molar-refractivity contribution >= 4 is 29.1 Å². The van der Waals surface area contributed by atoms with Crippen LogP contribution in [0.4, 0.5) is 11.6 Å². The van der Waals surface area contributed by atoms with E-state index in [0.717, 1.165) is 31.6 Å². The first-order valence-electron chi connectivity index (χ1n) is 8.72. The lowest BCUT2D eigenvalue weighted by Gasteiger charge is -2.30. The Morgan fingerprint density at radius 3 is 2.69 bits per heavy atom. The van der Waals surface area contributed by atoms with Crippen molar-refractivity contribution in [1.82, 2.24) is 14.9 Å². The van der Waals surface area contributed by atoms with Gasteiger partial charge in [-0.25, -0.2) is 9.97 Å². The number of rotatable bonds is 4. The zero-order chi connectivity index (χ0) is 18.7. The Kier molecular flexibility index (Phi) is 5.61. The van der Waals surface area contributed by atoms with Gasteiger partial charge in [0.2, 0.25) is 5.95 Å². The number of benzene rings is 1. The molecule has 0 aliphatic carbocycles. The topological polar surface area (TPSA) is 67.3 Å². The van der Waals surface area contributed by atoms with E-state index in [0.29, 0.717) is 34.0 Å². The molecule has 0 unspecified atom stereocenters. The summed E-state index contributed by atoms with van der Waals surface area (Å²) in [4.78, 5) is 23.5. The zero-order valence-electron chi connectivity index (χ0n) is 15.3. The van der Waals surface area contributed by atoms with E-state index < -0.39 is 0 Å². The molecule has 1 aromatic carbocycles. The lowest BCUT2D eigenvalue weighted by molar-refractivity contribution is 0.0691. The third kappa shape index (κ3) is 4.25. The number of ether oxygens (including phenoxy) is 1. The molecule has 7 heteroatoms. The maximum atomic E-state index is 12.8. The van der Waals surface area contributed by atoms with Gasteiger partial charge in [-0.15, -0.1) is 0 Å². The Morgan fingerprint density at radius 2 is 2.00 bits per heavy atom. The summed E-state index contributed by atoms with van der Waals surface area (Å²) in [5.74, 6) is 1.58. The molecule has 26 heavy (non-hydrogen) atoms. The first-order valence-corrected chi connectivity index (χ1v) is 9.09. The summed E-state index contributed by atoms with van der Waals surface area (Å²) in [6.07, 6.45) is 2.06. The van der Waals surface area contributed by atoms with Crippen molar-refractivity contribution in [2.45, 2.75) is 26.7 Å². The van der Waals surface area contributed by atoms with E-state index in [4.69, 9.17) is 16.3 Å². The molecule has 0 saturated carbocycles. The number of nitrogens with zero attached hydrogens (tertiary/aromatic N) is 3. The highest BCUT2D eigenvalue weighted by molar-refractivity contribution is 6.31. The second-order valence-electron chi connectivity index (χ2n) is 6.66. The average molecular weight is 375 g/mol. The van der Waals surface area contributed by atoms with Gasteiger partial charge in [0.05, 0.1) is 12.8 Å². The van der Waals surface area contributed by atoms with Gasteiger partial charge in [-0.3, -0.25) is 4.79 Å². The Labute approximate surface area is 158 Å². The van der Waals surface area contributed by atoms with E-state index in [9.17, 15) is 4.79 Å². The number of hydrogen-bond acceptors (Lipinski definition) is 5. The van der Waals surface area contributed by atoms with Gasteiger partial charge in [-0.05, 0) is 49.9 Å². The molecule has 0 spiro atoms. The molecule has 1 N–H and O–H groups in total. The number of carbonyl (C=O) groups excluding carboxylic acids is 1. The van der Waals surface area contributed by atoms with E-state index in [2.05, 4.69) is 22.2 Å². The quantitative estimate of drug-likeness (QED) is 0.873. The lowest BCUT2D eigenvalue weighted by Crippen LogP contribution is -2.38. The molecule has 0 radical (unpaired) electrons. The minimum atomic E-state index is -0.0523. The molecule has 1 aromatic heterocycles. The van der Waals surface area contributed by atoms with Gasteiger partial charge in [0.1, 0.15) is 11.4 Å². The Morgan fingerprint density at radius 1 is 1.27 bits per heavy atom. The second-order valence-corrected chi connectivity index (χ2v) is 7.10. The van der Waals surface area contributed by atoms with E-state index in [1.807, 2.05) is 11.8 Å². The van der Waals surface area contributed by atoms with Crippen molar-refractivity contribution in [2.75, 3.05) is 25.5 Å². The lowest BCUT2D eigenvalue weighted by atomic mass is 9.99. The van der Waals surface area contributed by atoms with Gasteiger partial charge in [0.25, 0.3) is 5.91 Å². The van der Waals surface area contributed by atoms with E-state index in [1.54, 1.807) is 31.4 Å². The zero-order valence-corrected chi connectivity index (χ0v) is 16.0. The first-order chi connectivity index (χ1) is 12.5. The van der Waals surface area contributed by atoms with Crippen molar-refractivity contribution in [2.24, 2.45) is 5.92 Å². The number of carbonyl (C=O) groups is 1. The minimum Gasteiger partial charge on any atom is -0.495 e. The van der Waals surface area contributed by atoms with Gasteiger partial charge >= 0.3 is 0 Å². The number of hydrogen-bond donors (Lipinski definition) is 1. The van der Waals surface area contributed by atoms with Crippen LogP contribution >= 0.6 is 11.6 Å². The second kappa shape index (κ2) is 7.91. The molecular formula is C19H23ClN4O2. The highest BCUT2D eigenvalue weighted by Gasteiger charge is 2.23. The molecular weight excluding hydrogens is 352 g/mol.